The van der Waals surface area contributed by atoms with Crippen molar-refractivity contribution in [1.82, 2.24) is 9.80 Å². The van der Waals surface area contributed by atoms with Crippen LogP contribution in [0.25, 0.3) is 0 Å². The van der Waals surface area contributed by atoms with Gasteiger partial charge in [-0.1, -0.05) is 32.0 Å². The van der Waals surface area contributed by atoms with Crippen molar-refractivity contribution in [3.05, 3.63) is 29.8 Å². The molecule has 0 amide bonds. The third-order valence-corrected chi connectivity index (χ3v) is 2.94. The molecular formula is C16H27N3O. The molecule has 4 heteroatoms. The van der Waals surface area contributed by atoms with Crippen molar-refractivity contribution in [1.29, 1.82) is 0 Å². The number of aliphatic imine (C=N–C) groups is 1. The predicted octanol–water partition coefficient (Wildman–Crippen LogP) is 2.67. The second-order valence-corrected chi connectivity index (χ2v) is 5.51. The van der Waals surface area contributed by atoms with Crippen LogP contribution in [0.2, 0.25) is 0 Å². The molecule has 20 heavy (non-hydrogen) atoms. The summed E-state index contributed by atoms with van der Waals surface area (Å²) in [6, 6.07) is 8.21. The van der Waals surface area contributed by atoms with Crippen molar-refractivity contribution in [3.63, 3.8) is 0 Å². The zero-order valence-corrected chi connectivity index (χ0v) is 13.6. The Labute approximate surface area is 123 Å². The van der Waals surface area contributed by atoms with Gasteiger partial charge in [0, 0.05) is 28.2 Å². The maximum atomic E-state index is 5.86. The van der Waals surface area contributed by atoms with Gasteiger partial charge in [-0.15, -0.1) is 0 Å². The lowest BCUT2D eigenvalue weighted by Gasteiger charge is -2.22. The van der Waals surface area contributed by atoms with Gasteiger partial charge < -0.3 is 14.5 Å². The van der Waals surface area contributed by atoms with Gasteiger partial charge in [-0.25, -0.2) is 4.99 Å². The summed E-state index contributed by atoms with van der Waals surface area (Å²) in [4.78, 5) is 8.56. The van der Waals surface area contributed by atoms with Gasteiger partial charge in [0.25, 0.3) is 0 Å². The zero-order valence-electron chi connectivity index (χ0n) is 13.6. The topological polar surface area (TPSA) is 28.1 Å². The van der Waals surface area contributed by atoms with E-state index in [2.05, 4.69) is 31.0 Å². The van der Waals surface area contributed by atoms with Crippen LogP contribution in [-0.4, -0.2) is 57.1 Å². The number of hydrogen-bond donors (Lipinski definition) is 0. The molecule has 1 aromatic rings. The first-order valence-corrected chi connectivity index (χ1v) is 7.04. The molecule has 112 valence electrons. The molecule has 0 heterocycles. The van der Waals surface area contributed by atoms with Gasteiger partial charge >= 0.3 is 0 Å². The Kier molecular flexibility index (Phi) is 6.36. The third kappa shape index (κ3) is 4.76. The largest absolute Gasteiger partial charge is 0.491 e. The average molecular weight is 277 g/mol. The van der Waals surface area contributed by atoms with E-state index in [1.165, 1.54) is 5.56 Å². The fourth-order valence-electron chi connectivity index (χ4n) is 2.07. The Morgan fingerprint density at radius 2 is 1.70 bits per heavy atom. The van der Waals surface area contributed by atoms with E-state index in [9.17, 15) is 0 Å². The number of hydrogen-bond acceptors (Lipinski definition) is 2. The molecule has 1 aromatic carbocycles. The summed E-state index contributed by atoms with van der Waals surface area (Å²) in [6.07, 6.45) is 0. The normalized spacial score (nSPS) is 10.3. The SMILES string of the molecule is CC(C)c1ccccc1OCCN=C(N(C)C)N(C)C. The summed E-state index contributed by atoms with van der Waals surface area (Å²) in [5.74, 6) is 2.38. The molecule has 0 aliphatic heterocycles. The fraction of sp³-hybridized carbons (Fsp3) is 0.562. The minimum Gasteiger partial charge on any atom is -0.491 e. The molecule has 0 aliphatic rings. The molecule has 0 aliphatic carbocycles. The van der Waals surface area contributed by atoms with Crippen LogP contribution in [0, 0.1) is 0 Å². The summed E-state index contributed by atoms with van der Waals surface area (Å²) < 4.78 is 5.86. The quantitative estimate of drug-likeness (QED) is 0.470. The standard InChI is InChI=1S/C16H27N3O/c1-13(2)14-9-7-8-10-15(14)20-12-11-17-16(18(3)4)19(5)6/h7-10,13H,11-12H2,1-6H3. The Hall–Kier alpha value is -1.71. The Balaban J connectivity index is 2.59. The molecule has 0 saturated carbocycles. The molecular weight excluding hydrogens is 250 g/mol. The smallest absolute Gasteiger partial charge is 0.195 e. The first-order valence-electron chi connectivity index (χ1n) is 7.04. The highest BCUT2D eigenvalue weighted by molar-refractivity contribution is 5.79. The first kappa shape index (κ1) is 16.3. The van der Waals surface area contributed by atoms with Crippen molar-refractivity contribution >= 4 is 5.96 Å². The van der Waals surface area contributed by atoms with Crippen molar-refractivity contribution in [2.45, 2.75) is 19.8 Å². The van der Waals surface area contributed by atoms with Crippen molar-refractivity contribution in [2.75, 3.05) is 41.3 Å². The molecule has 0 spiro atoms. The number of ether oxygens (including phenoxy) is 1. The minimum absolute atomic E-state index is 0.466. The van der Waals surface area contributed by atoms with Gasteiger partial charge in [0.1, 0.15) is 12.4 Å². The lowest BCUT2D eigenvalue weighted by molar-refractivity contribution is 0.322. The van der Waals surface area contributed by atoms with E-state index < -0.39 is 0 Å². The van der Waals surface area contributed by atoms with Gasteiger partial charge in [-0.2, -0.15) is 0 Å². The summed E-state index contributed by atoms with van der Waals surface area (Å²) in [5.41, 5.74) is 1.25. The van der Waals surface area contributed by atoms with Gasteiger partial charge in [0.15, 0.2) is 5.96 Å². The van der Waals surface area contributed by atoms with E-state index in [1.54, 1.807) is 0 Å². The van der Waals surface area contributed by atoms with Gasteiger partial charge in [-0.05, 0) is 17.5 Å². The van der Waals surface area contributed by atoms with Crippen molar-refractivity contribution in [2.24, 2.45) is 4.99 Å². The van der Waals surface area contributed by atoms with Gasteiger partial charge in [-0.3, -0.25) is 0 Å². The molecule has 0 aromatic heterocycles. The number of para-hydroxylation sites is 1. The van der Waals surface area contributed by atoms with Crippen LogP contribution in [0.15, 0.2) is 29.3 Å². The van der Waals surface area contributed by atoms with E-state index in [-0.39, 0.29) is 0 Å². The molecule has 1 rings (SSSR count). The van der Waals surface area contributed by atoms with E-state index in [0.717, 1.165) is 11.7 Å². The molecule has 4 nitrogen and oxygen atoms in total. The lowest BCUT2D eigenvalue weighted by Crippen LogP contribution is -2.35. The first-order chi connectivity index (χ1) is 9.43. The van der Waals surface area contributed by atoms with Crippen LogP contribution in [0.5, 0.6) is 5.75 Å². The average Bonchev–Trinajstić information content (AvgIpc) is 2.37. The van der Waals surface area contributed by atoms with E-state index in [0.29, 0.717) is 19.1 Å². The second kappa shape index (κ2) is 7.78. The molecule has 0 N–H and O–H groups in total. The highest BCUT2D eigenvalue weighted by Gasteiger charge is 2.07. The van der Waals surface area contributed by atoms with E-state index in [4.69, 9.17) is 4.74 Å². The molecule has 0 saturated heterocycles. The third-order valence-electron chi connectivity index (χ3n) is 2.94. The summed E-state index contributed by atoms with van der Waals surface area (Å²) in [5, 5.41) is 0. The van der Waals surface area contributed by atoms with Gasteiger partial charge in [0.2, 0.25) is 0 Å². The molecule has 0 atom stereocenters. The lowest BCUT2D eigenvalue weighted by atomic mass is 10.0. The predicted molar refractivity (Wildman–Crippen MR) is 85.7 cm³/mol. The summed E-state index contributed by atoms with van der Waals surface area (Å²) in [7, 11) is 7.98. The summed E-state index contributed by atoms with van der Waals surface area (Å²) >= 11 is 0. The van der Waals surface area contributed by atoms with Crippen LogP contribution < -0.4 is 4.74 Å². The fourth-order valence-corrected chi connectivity index (χ4v) is 2.07. The molecule has 0 bridgehead atoms. The highest BCUT2D eigenvalue weighted by atomic mass is 16.5. The van der Waals surface area contributed by atoms with Crippen molar-refractivity contribution in [3.8, 4) is 5.75 Å². The maximum absolute atomic E-state index is 5.86. The molecule has 0 radical (unpaired) electrons. The van der Waals surface area contributed by atoms with Crippen LogP contribution in [0.3, 0.4) is 0 Å². The second-order valence-electron chi connectivity index (χ2n) is 5.51. The summed E-state index contributed by atoms with van der Waals surface area (Å²) in [6.45, 7) is 5.60. The minimum atomic E-state index is 0.466. The van der Waals surface area contributed by atoms with Crippen LogP contribution >= 0.6 is 0 Å². The number of nitrogens with zero attached hydrogens (tertiary/aromatic N) is 3. The van der Waals surface area contributed by atoms with Crippen LogP contribution in [0.1, 0.15) is 25.3 Å². The van der Waals surface area contributed by atoms with Crippen molar-refractivity contribution < 1.29 is 4.74 Å². The van der Waals surface area contributed by atoms with E-state index >= 15 is 0 Å². The highest BCUT2D eigenvalue weighted by Crippen LogP contribution is 2.25. The van der Waals surface area contributed by atoms with E-state index in [1.807, 2.05) is 50.1 Å². The monoisotopic (exact) mass is 277 g/mol. The Morgan fingerprint density at radius 1 is 1.10 bits per heavy atom. The molecule has 0 unspecified atom stereocenters. The molecule has 0 fully saturated rings. The Morgan fingerprint density at radius 3 is 2.25 bits per heavy atom. The van der Waals surface area contributed by atoms with Crippen LogP contribution in [-0.2, 0) is 0 Å². The number of guanidine groups is 1. The number of rotatable bonds is 5. The zero-order chi connectivity index (χ0) is 15.1. The Bertz CT molecular complexity index is 429. The number of benzene rings is 1. The maximum Gasteiger partial charge on any atom is 0.195 e. The van der Waals surface area contributed by atoms with Gasteiger partial charge in [0.05, 0.1) is 6.54 Å². The van der Waals surface area contributed by atoms with Crippen LogP contribution in [0.4, 0.5) is 0 Å².